The number of aliphatic hydroxyl groups is 1. The van der Waals surface area contributed by atoms with E-state index in [9.17, 15) is 13.9 Å². The van der Waals surface area contributed by atoms with E-state index in [2.05, 4.69) is 43.4 Å². The van der Waals surface area contributed by atoms with Gasteiger partial charge in [-0.1, -0.05) is 38.1 Å². The molecule has 1 aliphatic carbocycles. The molecule has 0 heterocycles. The molecule has 30 heavy (non-hydrogen) atoms. The first-order chi connectivity index (χ1) is 14.1. The number of ether oxygens (including phenoxy) is 1. The number of aliphatic hydroxyl groups excluding tert-OH is 1. The van der Waals surface area contributed by atoms with Crippen molar-refractivity contribution in [2.75, 3.05) is 20.3 Å². The fraction of sp³-hybridized carbons (Fsp3) is 0.500. The molecule has 164 valence electrons. The number of nitrogens with two attached hydrogens (primary N) is 1. The van der Waals surface area contributed by atoms with E-state index in [1.807, 2.05) is 0 Å². The molecule has 0 spiro atoms. The molecular weight excluding hydrogens is 386 g/mol. The lowest BCUT2D eigenvalue weighted by atomic mass is 9.83. The zero-order valence-corrected chi connectivity index (χ0v) is 17.9. The number of benzene rings is 2. The zero-order valence-electron chi connectivity index (χ0n) is 17.9. The average molecular weight is 419 g/mol. The van der Waals surface area contributed by atoms with Crippen molar-refractivity contribution in [2.45, 2.75) is 56.2 Å². The molecule has 1 saturated carbocycles. The molecule has 2 atom stereocenters. The molecule has 0 saturated heterocycles. The molecule has 2 aromatic carbocycles. The van der Waals surface area contributed by atoms with Crippen molar-refractivity contribution in [2.24, 2.45) is 5.73 Å². The van der Waals surface area contributed by atoms with Crippen molar-refractivity contribution in [3.63, 3.8) is 0 Å². The van der Waals surface area contributed by atoms with Crippen LogP contribution in [-0.4, -0.2) is 37.5 Å². The highest BCUT2D eigenvalue weighted by atomic mass is 19.1. The molecular formula is C24H32F2N2O2. The lowest BCUT2D eigenvalue weighted by Gasteiger charge is -2.27. The topological polar surface area (TPSA) is 67.5 Å². The van der Waals surface area contributed by atoms with Crippen molar-refractivity contribution < 1.29 is 18.6 Å². The highest BCUT2D eigenvalue weighted by Crippen LogP contribution is 2.46. The highest BCUT2D eigenvalue weighted by molar-refractivity contribution is 5.37. The SMILES string of the molecule is COCC(C)(C)c1cccc(C2(NCC(O)C(N)Cc3cc(F)cc(F)c3)CC2)c1. The molecule has 0 aromatic heterocycles. The van der Waals surface area contributed by atoms with Crippen molar-refractivity contribution in [3.8, 4) is 0 Å². The first-order valence-corrected chi connectivity index (χ1v) is 10.4. The minimum absolute atomic E-state index is 0.0943. The Morgan fingerprint density at radius 1 is 1.17 bits per heavy atom. The van der Waals surface area contributed by atoms with Gasteiger partial charge in [0.15, 0.2) is 0 Å². The normalized spacial score (nSPS) is 17.6. The Morgan fingerprint density at radius 3 is 2.43 bits per heavy atom. The van der Waals surface area contributed by atoms with Crippen LogP contribution in [0.3, 0.4) is 0 Å². The summed E-state index contributed by atoms with van der Waals surface area (Å²) in [6.07, 6.45) is 1.34. The standard InChI is InChI=1S/C24H32F2N2O2/c1-23(2,15-30-3)17-5-4-6-18(12-17)24(7-8-24)28-14-22(29)21(27)11-16-9-19(25)13-20(26)10-16/h4-6,9-10,12-13,21-22,28-29H,7-8,11,14-15,27H2,1-3H3. The van der Waals surface area contributed by atoms with Crippen LogP contribution >= 0.6 is 0 Å². The third kappa shape index (κ3) is 5.43. The number of rotatable bonds is 10. The van der Waals surface area contributed by atoms with Gasteiger partial charge in [-0.15, -0.1) is 0 Å². The van der Waals surface area contributed by atoms with Gasteiger partial charge in [0.1, 0.15) is 11.6 Å². The molecule has 0 bridgehead atoms. The molecule has 3 rings (SSSR count). The average Bonchev–Trinajstić information content (AvgIpc) is 3.46. The van der Waals surface area contributed by atoms with Crippen LogP contribution in [0.4, 0.5) is 8.78 Å². The maximum Gasteiger partial charge on any atom is 0.126 e. The fourth-order valence-corrected chi connectivity index (χ4v) is 3.96. The Labute approximate surface area is 177 Å². The van der Waals surface area contributed by atoms with Crippen LogP contribution in [0.15, 0.2) is 42.5 Å². The van der Waals surface area contributed by atoms with Gasteiger partial charge in [-0.2, -0.15) is 0 Å². The van der Waals surface area contributed by atoms with E-state index in [0.29, 0.717) is 18.7 Å². The molecule has 2 unspecified atom stereocenters. The lowest BCUT2D eigenvalue weighted by molar-refractivity contribution is 0.136. The third-order valence-electron chi connectivity index (χ3n) is 5.99. The van der Waals surface area contributed by atoms with Gasteiger partial charge in [0.25, 0.3) is 0 Å². The Kier molecular flexibility index (Phi) is 6.92. The molecule has 0 amide bonds. The van der Waals surface area contributed by atoms with E-state index in [1.165, 1.54) is 23.3 Å². The number of hydrogen-bond acceptors (Lipinski definition) is 4. The summed E-state index contributed by atoms with van der Waals surface area (Å²) in [6.45, 7) is 5.25. The number of halogens is 2. The van der Waals surface area contributed by atoms with Gasteiger partial charge in [-0.25, -0.2) is 8.78 Å². The van der Waals surface area contributed by atoms with Crippen LogP contribution in [0.25, 0.3) is 0 Å². The van der Waals surface area contributed by atoms with Gasteiger partial charge < -0.3 is 20.9 Å². The van der Waals surface area contributed by atoms with E-state index < -0.39 is 23.8 Å². The summed E-state index contributed by atoms with van der Waals surface area (Å²) in [5.41, 5.74) is 8.69. The van der Waals surface area contributed by atoms with Crippen molar-refractivity contribution in [3.05, 3.63) is 70.8 Å². The van der Waals surface area contributed by atoms with Crippen LogP contribution < -0.4 is 11.1 Å². The van der Waals surface area contributed by atoms with Crippen molar-refractivity contribution in [1.82, 2.24) is 5.32 Å². The van der Waals surface area contributed by atoms with Gasteiger partial charge in [0.05, 0.1) is 12.7 Å². The second-order valence-electron chi connectivity index (χ2n) is 9.07. The molecule has 0 aliphatic heterocycles. The summed E-state index contributed by atoms with van der Waals surface area (Å²) in [6, 6.07) is 11.2. The minimum Gasteiger partial charge on any atom is -0.390 e. The zero-order chi connectivity index (χ0) is 21.9. The first-order valence-electron chi connectivity index (χ1n) is 10.4. The van der Waals surface area contributed by atoms with Crippen LogP contribution in [-0.2, 0) is 22.1 Å². The summed E-state index contributed by atoms with van der Waals surface area (Å²) in [5.74, 6) is -1.28. The largest absolute Gasteiger partial charge is 0.390 e. The Bertz CT molecular complexity index is 848. The summed E-state index contributed by atoms with van der Waals surface area (Å²) >= 11 is 0. The van der Waals surface area contributed by atoms with Gasteiger partial charge in [0, 0.05) is 36.7 Å². The van der Waals surface area contributed by atoms with Crippen molar-refractivity contribution >= 4 is 0 Å². The van der Waals surface area contributed by atoms with E-state index in [0.717, 1.165) is 18.9 Å². The number of nitrogens with one attached hydrogen (secondary N) is 1. The third-order valence-corrected chi connectivity index (χ3v) is 5.99. The Hall–Kier alpha value is -1.86. The Balaban J connectivity index is 1.62. The fourth-order valence-electron chi connectivity index (χ4n) is 3.96. The monoisotopic (exact) mass is 418 g/mol. The predicted molar refractivity (Wildman–Crippen MR) is 114 cm³/mol. The second kappa shape index (κ2) is 9.10. The molecule has 1 aliphatic rings. The van der Waals surface area contributed by atoms with Gasteiger partial charge >= 0.3 is 0 Å². The van der Waals surface area contributed by atoms with Crippen molar-refractivity contribution in [1.29, 1.82) is 0 Å². The number of methoxy groups -OCH3 is 1. The number of hydrogen-bond donors (Lipinski definition) is 3. The van der Waals surface area contributed by atoms with Gasteiger partial charge in [-0.05, 0) is 48.1 Å². The Morgan fingerprint density at radius 2 is 1.83 bits per heavy atom. The molecule has 6 heteroatoms. The summed E-state index contributed by atoms with van der Waals surface area (Å²) < 4.78 is 32.1. The highest BCUT2D eigenvalue weighted by Gasteiger charge is 2.44. The molecule has 4 nitrogen and oxygen atoms in total. The van der Waals surface area contributed by atoms with E-state index in [-0.39, 0.29) is 17.4 Å². The lowest BCUT2D eigenvalue weighted by Crippen LogP contribution is -2.45. The quantitative estimate of drug-likeness (QED) is 0.553. The van der Waals surface area contributed by atoms with Gasteiger partial charge in [-0.3, -0.25) is 0 Å². The maximum atomic E-state index is 13.4. The van der Waals surface area contributed by atoms with Crippen LogP contribution in [0, 0.1) is 11.6 Å². The summed E-state index contributed by atoms with van der Waals surface area (Å²) in [4.78, 5) is 0. The maximum absolute atomic E-state index is 13.4. The minimum atomic E-state index is -0.832. The smallest absolute Gasteiger partial charge is 0.126 e. The molecule has 2 aromatic rings. The van der Waals surface area contributed by atoms with Gasteiger partial charge in [0.2, 0.25) is 0 Å². The van der Waals surface area contributed by atoms with Crippen LogP contribution in [0.1, 0.15) is 43.4 Å². The predicted octanol–water partition coefficient (Wildman–Crippen LogP) is 3.40. The summed E-state index contributed by atoms with van der Waals surface area (Å²) in [7, 11) is 1.71. The van der Waals surface area contributed by atoms with Crippen LogP contribution in [0.2, 0.25) is 0 Å². The van der Waals surface area contributed by atoms with E-state index >= 15 is 0 Å². The first kappa shape index (κ1) is 22.8. The molecule has 1 fully saturated rings. The molecule has 0 radical (unpaired) electrons. The van der Waals surface area contributed by atoms with E-state index in [1.54, 1.807) is 7.11 Å². The van der Waals surface area contributed by atoms with Crippen LogP contribution in [0.5, 0.6) is 0 Å². The second-order valence-corrected chi connectivity index (χ2v) is 9.07. The van der Waals surface area contributed by atoms with E-state index in [4.69, 9.17) is 10.5 Å². The summed E-state index contributed by atoms with van der Waals surface area (Å²) in [5, 5.41) is 14.0. The molecule has 4 N–H and O–H groups in total.